The van der Waals surface area contributed by atoms with Gasteiger partial charge in [-0.15, -0.1) is 10.2 Å². The van der Waals surface area contributed by atoms with Crippen molar-refractivity contribution in [2.24, 2.45) is 5.41 Å². The van der Waals surface area contributed by atoms with Crippen LogP contribution in [0, 0.1) is 12.3 Å². The molecule has 1 amide bonds. The number of hydrogen-bond acceptors (Lipinski definition) is 6. The fourth-order valence-electron chi connectivity index (χ4n) is 4.41. The molecule has 4 aromatic rings. The fourth-order valence-corrected chi connectivity index (χ4v) is 4.41. The molecular weight excluding hydrogens is 380 g/mol. The molecule has 0 saturated heterocycles. The Balaban J connectivity index is 1.37. The van der Waals surface area contributed by atoms with Crippen molar-refractivity contribution in [3.8, 4) is 11.1 Å². The van der Waals surface area contributed by atoms with Gasteiger partial charge in [0, 0.05) is 55.2 Å². The van der Waals surface area contributed by atoms with E-state index in [0.717, 1.165) is 46.5 Å². The molecular formula is C21H24N8O. The number of rotatable bonds is 4. The Kier molecular flexibility index (Phi) is 4.02. The average molecular weight is 404 g/mol. The predicted molar refractivity (Wildman–Crippen MR) is 114 cm³/mol. The van der Waals surface area contributed by atoms with Crippen LogP contribution in [-0.4, -0.2) is 60.5 Å². The van der Waals surface area contributed by atoms with E-state index in [0.29, 0.717) is 5.95 Å². The lowest BCUT2D eigenvalue weighted by molar-refractivity contribution is -0.143. The van der Waals surface area contributed by atoms with Gasteiger partial charge in [0.05, 0.1) is 5.41 Å². The third kappa shape index (κ3) is 2.89. The van der Waals surface area contributed by atoms with Crippen LogP contribution in [0.25, 0.3) is 27.8 Å². The molecule has 2 N–H and O–H groups in total. The SMILES string of the molecule is Cc1nnc2ccc(-c3c[nH]c4nc(NC5CC(C)(C(=O)N(C)C)C5)ncc34)cn12. The number of aromatic nitrogens is 6. The third-order valence-corrected chi connectivity index (χ3v) is 5.97. The normalized spacial score (nSPS) is 21.0. The Morgan fingerprint density at radius 2 is 2.10 bits per heavy atom. The van der Waals surface area contributed by atoms with Crippen LogP contribution >= 0.6 is 0 Å². The molecule has 0 unspecified atom stereocenters. The summed E-state index contributed by atoms with van der Waals surface area (Å²) in [6, 6.07) is 4.17. The minimum atomic E-state index is -0.302. The highest BCUT2D eigenvalue weighted by atomic mass is 16.2. The summed E-state index contributed by atoms with van der Waals surface area (Å²) in [4.78, 5) is 26.4. The molecule has 0 aliphatic heterocycles. The Bertz CT molecular complexity index is 1260. The zero-order valence-corrected chi connectivity index (χ0v) is 17.5. The number of amides is 1. The number of nitrogens with one attached hydrogen (secondary N) is 2. The van der Waals surface area contributed by atoms with Gasteiger partial charge in [-0.1, -0.05) is 6.92 Å². The lowest BCUT2D eigenvalue weighted by Crippen LogP contribution is -2.52. The summed E-state index contributed by atoms with van der Waals surface area (Å²) in [5.41, 5.74) is 3.36. The van der Waals surface area contributed by atoms with Crippen molar-refractivity contribution in [1.29, 1.82) is 0 Å². The van der Waals surface area contributed by atoms with Gasteiger partial charge in [-0.05, 0) is 31.9 Å². The first-order chi connectivity index (χ1) is 14.3. The van der Waals surface area contributed by atoms with Crippen molar-refractivity contribution in [2.75, 3.05) is 19.4 Å². The molecule has 1 aliphatic carbocycles. The van der Waals surface area contributed by atoms with Gasteiger partial charge in [0.15, 0.2) is 5.65 Å². The minimum Gasteiger partial charge on any atom is -0.351 e. The number of aromatic amines is 1. The maximum absolute atomic E-state index is 12.3. The van der Waals surface area contributed by atoms with Gasteiger partial charge in [-0.2, -0.15) is 4.98 Å². The Morgan fingerprint density at radius 1 is 1.30 bits per heavy atom. The van der Waals surface area contributed by atoms with Crippen LogP contribution in [0.5, 0.6) is 0 Å². The summed E-state index contributed by atoms with van der Waals surface area (Å²) >= 11 is 0. The van der Waals surface area contributed by atoms with Gasteiger partial charge < -0.3 is 15.2 Å². The molecule has 5 rings (SSSR count). The standard InChI is InChI=1S/C21H24N8O/c1-12-26-27-17-6-5-13(11-29(12)17)15-9-22-18-16(15)10-23-20(25-18)24-14-7-21(2,8-14)19(30)28(3)4/h5-6,9-11,14H,7-8H2,1-4H3,(H2,22,23,24,25). The fraction of sp³-hybridized carbons (Fsp3) is 0.381. The van der Waals surface area contributed by atoms with E-state index in [2.05, 4.69) is 30.5 Å². The van der Waals surface area contributed by atoms with Crippen LogP contribution < -0.4 is 5.32 Å². The second-order valence-electron chi connectivity index (χ2n) is 8.56. The van der Waals surface area contributed by atoms with E-state index in [9.17, 15) is 4.79 Å². The molecule has 0 radical (unpaired) electrons. The quantitative estimate of drug-likeness (QED) is 0.542. The van der Waals surface area contributed by atoms with E-state index in [1.807, 2.05) is 49.0 Å². The second kappa shape index (κ2) is 6.51. The Morgan fingerprint density at radius 3 is 2.87 bits per heavy atom. The number of nitrogens with zero attached hydrogens (tertiary/aromatic N) is 6. The van der Waals surface area contributed by atoms with Crippen molar-refractivity contribution < 1.29 is 4.79 Å². The maximum Gasteiger partial charge on any atom is 0.228 e. The number of carbonyl (C=O) groups excluding carboxylic acids is 1. The van der Waals surface area contributed by atoms with Crippen molar-refractivity contribution >= 4 is 28.5 Å². The van der Waals surface area contributed by atoms with E-state index >= 15 is 0 Å². The smallest absolute Gasteiger partial charge is 0.228 e. The van der Waals surface area contributed by atoms with Crippen molar-refractivity contribution in [2.45, 2.75) is 32.7 Å². The maximum atomic E-state index is 12.3. The molecule has 4 heterocycles. The van der Waals surface area contributed by atoms with E-state index < -0.39 is 0 Å². The van der Waals surface area contributed by atoms with E-state index in [-0.39, 0.29) is 17.4 Å². The molecule has 9 nitrogen and oxygen atoms in total. The summed E-state index contributed by atoms with van der Waals surface area (Å²) < 4.78 is 1.97. The first-order valence-corrected chi connectivity index (χ1v) is 9.98. The monoisotopic (exact) mass is 404 g/mol. The molecule has 0 bridgehead atoms. The number of anilines is 1. The first-order valence-electron chi connectivity index (χ1n) is 9.98. The molecule has 1 aliphatic rings. The molecule has 0 atom stereocenters. The van der Waals surface area contributed by atoms with Crippen LogP contribution in [0.3, 0.4) is 0 Å². The topological polar surface area (TPSA) is 104 Å². The minimum absolute atomic E-state index is 0.172. The van der Waals surface area contributed by atoms with Gasteiger partial charge in [-0.3, -0.25) is 9.20 Å². The van der Waals surface area contributed by atoms with Crippen LogP contribution in [0.1, 0.15) is 25.6 Å². The number of hydrogen-bond donors (Lipinski definition) is 2. The number of aryl methyl sites for hydroxylation is 1. The van der Waals surface area contributed by atoms with Crippen LogP contribution in [0.2, 0.25) is 0 Å². The number of H-pyrrole nitrogens is 1. The van der Waals surface area contributed by atoms with Crippen LogP contribution in [0.15, 0.2) is 30.7 Å². The van der Waals surface area contributed by atoms with Gasteiger partial charge in [0.2, 0.25) is 11.9 Å². The third-order valence-electron chi connectivity index (χ3n) is 5.97. The molecule has 30 heavy (non-hydrogen) atoms. The number of fused-ring (bicyclic) bond motifs is 2. The van der Waals surface area contributed by atoms with Crippen molar-refractivity contribution in [3.05, 3.63) is 36.5 Å². The average Bonchev–Trinajstić information content (AvgIpc) is 3.29. The molecule has 1 saturated carbocycles. The summed E-state index contributed by atoms with van der Waals surface area (Å²) in [6.45, 7) is 3.95. The zero-order valence-electron chi connectivity index (χ0n) is 17.5. The summed E-state index contributed by atoms with van der Waals surface area (Å²) in [5, 5.41) is 12.6. The number of carbonyl (C=O) groups is 1. The Labute approximate surface area is 173 Å². The summed E-state index contributed by atoms with van der Waals surface area (Å²) in [5.74, 6) is 1.59. The summed E-state index contributed by atoms with van der Waals surface area (Å²) in [6.07, 6.45) is 7.36. The van der Waals surface area contributed by atoms with Gasteiger partial charge >= 0.3 is 0 Å². The first kappa shape index (κ1) is 18.5. The number of pyridine rings is 1. The molecule has 0 spiro atoms. The lowest BCUT2D eigenvalue weighted by atomic mass is 9.66. The van der Waals surface area contributed by atoms with Crippen LogP contribution in [0.4, 0.5) is 5.95 Å². The van der Waals surface area contributed by atoms with Gasteiger partial charge in [-0.25, -0.2) is 4.98 Å². The highest BCUT2D eigenvalue weighted by Crippen LogP contribution is 2.43. The predicted octanol–water partition coefficient (Wildman–Crippen LogP) is 2.64. The van der Waals surface area contributed by atoms with Gasteiger partial charge in [0.1, 0.15) is 11.5 Å². The van der Waals surface area contributed by atoms with Crippen molar-refractivity contribution in [3.63, 3.8) is 0 Å². The zero-order chi connectivity index (χ0) is 21.0. The van der Waals surface area contributed by atoms with Crippen molar-refractivity contribution in [1.82, 2.24) is 34.4 Å². The second-order valence-corrected chi connectivity index (χ2v) is 8.56. The summed E-state index contributed by atoms with van der Waals surface area (Å²) in [7, 11) is 3.60. The Hall–Kier alpha value is -3.49. The highest BCUT2D eigenvalue weighted by Gasteiger charge is 2.47. The van der Waals surface area contributed by atoms with E-state index in [1.54, 1.807) is 19.0 Å². The van der Waals surface area contributed by atoms with Gasteiger partial charge in [0.25, 0.3) is 0 Å². The molecule has 1 fully saturated rings. The van der Waals surface area contributed by atoms with E-state index in [1.165, 1.54) is 0 Å². The molecule has 9 heteroatoms. The molecule has 0 aromatic carbocycles. The highest BCUT2D eigenvalue weighted by molar-refractivity contribution is 5.93. The van der Waals surface area contributed by atoms with E-state index in [4.69, 9.17) is 0 Å². The molecule has 154 valence electrons. The molecule has 4 aromatic heterocycles. The largest absolute Gasteiger partial charge is 0.351 e. The lowest BCUT2D eigenvalue weighted by Gasteiger charge is -2.45. The van der Waals surface area contributed by atoms with Crippen LogP contribution in [-0.2, 0) is 4.79 Å².